The van der Waals surface area contributed by atoms with Crippen molar-refractivity contribution in [3.8, 4) is 0 Å². The van der Waals surface area contributed by atoms with Gasteiger partial charge in [-0.05, 0) is 24.1 Å². The van der Waals surface area contributed by atoms with Crippen molar-refractivity contribution in [2.45, 2.75) is 19.8 Å². The van der Waals surface area contributed by atoms with Crippen LogP contribution in [-0.4, -0.2) is 32.3 Å². The van der Waals surface area contributed by atoms with E-state index in [1.165, 1.54) is 7.05 Å². The van der Waals surface area contributed by atoms with E-state index in [2.05, 4.69) is 0 Å². The number of benzene rings is 1. The van der Waals surface area contributed by atoms with Gasteiger partial charge in [0.1, 0.15) is 0 Å². The summed E-state index contributed by atoms with van der Waals surface area (Å²) in [6.07, 6.45) is 0.496. The Bertz CT molecular complexity index is 507. The fourth-order valence-electron chi connectivity index (χ4n) is 1.46. The molecule has 6 heteroatoms. The van der Waals surface area contributed by atoms with Gasteiger partial charge in [-0.25, -0.2) is 8.42 Å². The standard InChI is InChI=1S/C12H17NO4S/c1-3-10-4-6-11(7-5-10)13(2)18(16,17)9-8-12(14)15/h4-7H,3,8-9H2,1-2H3,(H,14,15). The number of carbonyl (C=O) groups is 1. The van der Waals surface area contributed by atoms with E-state index >= 15 is 0 Å². The second kappa shape index (κ2) is 5.86. The number of aliphatic carboxylic acids is 1. The summed E-state index contributed by atoms with van der Waals surface area (Å²) < 4.78 is 24.8. The molecular formula is C12H17NO4S. The molecule has 1 aromatic rings. The number of sulfonamides is 1. The van der Waals surface area contributed by atoms with Crippen LogP contribution in [0.4, 0.5) is 5.69 Å². The molecule has 0 radical (unpaired) electrons. The number of rotatable bonds is 6. The van der Waals surface area contributed by atoms with Crippen molar-refractivity contribution in [3.05, 3.63) is 29.8 Å². The Hall–Kier alpha value is -1.56. The highest BCUT2D eigenvalue weighted by Crippen LogP contribution is 2.17. The molecule has 0 bridgehead atoms. The molecule has 1 rings (SSSR count). The second-order valence-electron chi connectivity index (χ2n) is 3.95. The van der Waals surface area contributed by atoms with Crippen molar-refractivity contribution in [2.24, 2.45) is 0 Å². The lowest BCUT2D eigenvalue weighted by molar-refractivity contribution is -0.136. The fourth-order valence-corrected chi connectivity index (χ4v) is 2.60. The van der Waals surface area contributed by atoms with Crippen LogP contribution in [0.1, 0.15) is 18.9 Å². The maximum atomic E-state index is 11.9. The van der Waals surface area contributed by atoms with Gasteiger partial charge in [-0.2, -0.15) is 0 Å². The summed E-state index contributed by atoms with van der Waals surface area (Å²) in [4.78, 5) is 10.4. The van der Waals surface area contributed by atoms with Crippen LogP contribution in [0, 0.1) is 0 Å². The Balaban J connectivity index is 2.84. The van der Waals surface area contributed by atoms with Crippen LogP contribution in [0.15, 0.2) is 24.3 Å². The third kappa shape index (κ3) is 3.73. The van der Waals surface area contributed by atoms with Crippen molar-refractivity contribution < 1.29 is 18.3 Å². The molecule has 100 valence electrons. The SMILES string of the molecule is CCc1ccc(N(C)S(=O)(=O)CCC(=O)O)cc1. The maximum absolute atomic E-state index is 11.9. The fraction of sp³-hybridized carbons (Fsp3) is 0.417. The first-order valence-electron chi connectivity index (χ1n) is 5.64. The largest absolute Gasteiger partial charge is 0.481 e. The number of hydrogen-bond donors (Lipinski definition) is 1. The van der Waals surface area contributed by atoms with Gasteiger partial charge < -0.3 is 5.11 Å². The molecule has 0 spiro atoms. The molecule has 0 atom stereocenters. The van der Waals surface area contributed by atoms with E-state index in [-0.39, 0.29) is 6.42 Å². The van der Waals surface area contributed by atoms with Crippen molar-refractivity contribution in [3.63, 3.8) is 0 Å². The van der Waals surface area contributed by atoms with Gasteiger partial charge in [0, 0.05) is 7.05 Å². The van der Waals surface area contributed by atoms with Gasteiger partial charge in [0.05, 0.1) is 17.9 Å². The van der Waals surface area contributed by atoms with E-state index < -0.39 is 21.7 Å². The molecule has 0 unspecified atom stereocenters. The highest BCUT2D eigenvalue weighted by Gasteiger charge is 2.19. The summed E-state index contributed by atoms with van der Waals surface area (Å²) in [5, 5.41) is 8.51. The van der Waals surface area contributed by atoms with E-state index in [0.29, 0.717) is 5.69 Å². The number of carboxylic acids is 1. The molecule has 18 heavy (non-hydrogen) atoms. The molecule has 0 saturated heterocycles. The molecule has 1 aromatic carbocycles. The monoisotopic (exact) mass is 271 g/mol. The summed E-state index contributed by atoms with van der Waals surface area (Å²) in [6.45, 7) is 2.02. The lowest BCUT2D eigenvalue weighted by Gasteiger charge is -2.19. The number of nitrogens with zero attached hydrogens (tertiary/aromatic N) is 1. The molecule has 0 aliphatic carbocycles. The molecule has 0 saturated carbocycles. The van der Waals surface area contributed by atoms with Gasteiger partial charge in [-0.3, -0.25) is 9.10 Å². The molecule has 0 aliphatic heterocycles. The first-order chi connectivity index (χ1) is 8.36. The molecule has 0 aliphatic rings. The quantitative estimate of drug-likeness (QED) is 0.850. The van der Waals surface area contributed by atoms with Crippen LogP contribution in [0.5, 0.6) is 0 Å². The second-order valence-corrected chi connectivity index (χ2v) is 6.07. The van der Waals surface area contributed by atoms with Crippen LogP contribution in [0.25, 0.3) is 0 Å². The van der Waals surface area contributed by atoms with Crippen molar-refractivity contribution >= 4 is 21.7 Å². The topological polar surface area (TPSA) is 74.7 Å². The molecule has 0 amide bonds. The Morgan fingerprint density at radius 2 is 1.83 bits per heavy atom. The zero-order chi connectivity index (χ0) is 13.8. The van der Waals surface area contributed by atoms with E-state index in [9.17, 15) is 13.2 Å². The minimum Gasteiger partial charge on any atom is -0.481 e. The van der Waals surface area contributed by atoms with E-state index in [1.54, 1.807) is 12.1 Å². The predicted octanol–water partition coefficient (Wildman–Crippen LogP) is 1.49. The van der Waals surface area contributed by atoms with Gasteiger partial charge in [0.2, 0.25) is 10.0 Å². The van der Waals surface area contributed by atoms with Gasteiger partial charge in [0.15, 0.2) is 0 Å². The van der Waals surface area contributed by atoms with Crippen LogP contribution in [0.2, 0.25) is 0 Å². The minimum absolute atomic E-state index is 0.389. The number of hydrogen-bond acceptors (Lipinski definition) is 3. The first kappa shape index (κ1) is 14.5. The zero-order valence-electron chi connectivity index (χ0n) is 10.5. The molecule has 0 fully saturated rings. The summed E-state index contributed by atoms with van der Waals surface area (Å²) in [6, 6.07) is 7.16. The van der Waals surface area contributed by atoms with Gasteiger partial charge >= 0.3 is 5.97 Å². The Kier molecular flexibility index (Phi) is 4.72. The zero-order valence-corrected chi connectivity index (χ0v) is 11.3. The lowest BCUT2D eigenvalue weighted by atomic mass is 10.1. The van der Waals surface area contributed by atoms with Gasteiger partial charge in [-0.15, -0.1) is 0 Å². The molecule has 0 heterocycles. The smallest absolute Gasteiger partial charge is 0.304 e. The molecule has 1 N–H and O–H groups in total. The van der Waals surface area contributed by atoms with E-state index in [4.69, 9.17) is 5.11 Å². The van der Waals surface area contributed by atoms with Crippen LogP contribution in [-0.2, 0) is 21.2 Å². The van der Waals surface area contributed by atoms with E-state index in [0.717, 1.165) is 16.3 Å². The predicted molar refractivity (Wildman–Crippen MR) is 70.3 cm³/mol. The lowest BCUT2D eigenvalue weighted by Crippen LogP contribution is -2.29. The maximum Gasteiger partial charge on any atom is 0.304 e. The van der Waals surface area contributed by atoms with Gasteiger partial charge in [-0.1, -0.05) is 19.1 Å². The van der Waals surface area contributed by atoms with Gasteiger partial charge in [0.25, 0.3) is 0 Å². The van der Waals surface area contributed by atoms with Crippen molar-refractivity contribution in [1.29, 1.82) is 0 Å². The molecule has 5 nitrogen and oxygen atoms in total. The number of aryl methyl sites for hydroxylation is 1. The van der Waals surface area contributed by atoms with Crippen molar-refractivity contribution in [2.75, 3.05) is 17.1 Å². The summed E-state index contributed by atoms with van der Waals surface area (Å²) in [5.41, 5.74) is 1.66. The molecular weight excluding hydrogens is 254 g/mol. The average molecular weight is 271 g/mol. The van der Waals surface area contributed by atoms with Crippen LogP contribution < -0.4 is 4.31 Å². The van der Waals surface area contributed by atoms with Crippen LogP contribution in [0.3, 0.4) is 0 Å². The third-order valence-corrected chi connectivity index (χ3v) is 4.46. The Morgan fingerprint density at radius 3 is 2.28 bits per heavy atom. The number of carboxylic acid groups (broad SMARTS) is 1. The Morgan fingerprint density at radius 1 is 1.28 bits per heavy atom. The normalized spacial score (nSPS) is 11.2. The number of anilines is 1. The highest BCUT2D eigenvalue weighted by atomic mass is 32.2. The van der Waals surface area contributed by atoms with E-state index in [1.807, 2.05) is 19.1 Å². The van der Waals surface area contributed by atoms with Crippen LogP contribution >= 0.6 is 0 Å². The first-order valence-corrected chi connectivity index (χ1v) is 7.25. The molecule has 0 aromatic heterocycles. The average Bonchev–Trinajstić information content (AvgIpc) is 2.36. The summed E-state index contributed by atoms with van der Waals surface area (Å²) >= 11 is 0. The summed E-state index contributed by atoms with van der Waals surface area (Å²) in [7, 11) is -2.15. The Labute approximate surface area is 107 Å². The minimum atomic E-state index is -3.58. The van der Waals surface area contributed by atoms with Crippen molar-refractivity contribution in [1.82, 2.24) is 0 Å². The third-order valence-electron chi connectivity index (χ3n) is 2.70. The summed E-state index contributed by atoms with van der Waals surface area (Å²) in [5.74, 6) is -1.51. The highest BCUT2D eigenvalue weighted by molar-refractivity contribution is 7.92.